The second kappa shape index (κ2) is 6.67. The minimum atomic E-state index is -4.00. The molecule has 4 heteroatoms. The Morgan fingerprint density at radius 3 is 2.10 bits per heavy atom. The molecule has 0 aromatic rings. The van der Waals surface area contributed by atoms with Gasteiger partial charge in [0.1, 0.15) is 0 Å². The topological polar surface area (TPSA) is 12.0 Å². The van der Waals surface area contributed by atoms with E-state index < -0.39 is 12.1 Å². The van der Waals surface area contributed by atoms with Crippen LogP contribution in [0.25, 0.3) is 0 Å². The van der Waals surface area contributed by atoms with Crippen molar-refractivity contribution < 1.29 is 13.2 Å². The molecule has 2 rings (SSSR count). The van der Waals surface area contributed by atoms with Gasteiger partial charge in [0, 0.05) is 12.1 Å². The summed E-state index contributed by atoms with van der Waals surface area (Å²) in [4.78, 5) is 0. The first kappa shape index (κ1) is 16.1. The minimum Gasteiger partial charge on any atom is -0.311 e. The molecule has 2 atom stereocenters. The molecular weight excluding hydrogens is 263 g/mol. The van der Waals surface area contributed by atoms with Crippen LogP contribution < -0.4 is 5.32 Å². The van der Waals surface area contributed by atoms with E-state index in [0.717, 1.165) is 31.1 Å². The van der Waals surface area contributed by atoms with Crippen molar-refractivity contribution in [3.63, 3.8) is 0 Å². The molecule has 1 nitrogen and oxygen atoms in total. The van der Waals surface area contributed by atoms with Crippen molar-refractivity contribution >= 4 is 0 Å². The fourth-order valence-electron chi connectivity index (χ4n) is 3.92. The lowest BCUT2D eigenvalue weighted by molar-refractivity contribution is -0.184. The minimum absolute atomic E-state index is 0.0796. The molecule has 2 aliphatic carbocycles. The predicted molar refractivity (Wildman–Crippen MR) is 75.5 cm³/mol. The Labute approximate surface area is 120 Å². The van der Waals surface area contributed by atoms with Crippen molar-refractivity contribution in [1.29, 1.82) is 0 Å². The van der Waals surface area contributed by atoms with E-state index in [0.29, 0.717) is 18.9 Å². The molecule has 2 unspecified atom stereocenters. The highest BCUT2D eigenvalue weighted by atomic mass is 19.4. The van der Waals surface area contributed by atoms with Gasteiger partial charge in [-0.3, -0.25) is 0 Å². The summed E-state index contributed by atoms with van der Waals surface area (Å²) in [5.74, 6) is 0.461. The van der Waals surface area contributed by atoms with Crippen molar-refractivity contribution in [3.05, 3.63) is 0 Å². The molecule has 1 N–H and O–H groups in total. The summed E-state index contributed by atoms with van der Waals surface area (Å²) >= 11 is 0. The van der Waals surface area contributed by atoms with Gasteiger partial charge >= 0.3 is 6.18 Å². The first-order valence-corrected chi connectivity index (χ1v) is 8.19. The third kappa shape index (κ3) is 4.37. The SMILES string of the molecule is CC(C)C1CCC(NC2CCCC(C(F)(F)F)C2)CC1. The average Bonchev–Trinajstić information content (AvgIpc) is 2.38. The summed E-state index contributed by atoms with van der Waals surface area (Å²) in [7, 11) is 0. The Hall–Kier alpha value is -0.250. The number of hydrogen-bond acceptors (Lipinski definition) is 1. The van der Waals surface area contributed by atoms with E-state index in [2.05, 4.69) is 19.2 Å². The first-order valence-electron chi connectivity index (χ1n) is 8.19. The zero-order valence-corrected chi connectivity index (χ0v) is 12.7. The van der Waals surface area contributed by atoms with Crippen LogP contribution in [0.1, 0.15) is 65.2 Å². The van der Waals surface area contributed by atoms with Gasteiger partial charge in [-0.05, 0) is 56.8 Å². The van der Waals surface area contributed by atoms with Crippen LogP contribution in [-0.4, -0.2) is 18.3 Å². The molecule has 0 aliphatic heterocycles. The molecule has 2 aliphatic rings. The van der Waals surface area contributed by atoms with Crippen molar-refractivity contribution in [1.82, 2.24) is 5.32 Å². The number of rotatable bonds is 3. The molecule has 20 heavy (non-hydrogen) atoms. The standard InChI is InChI=1S/C16H28F3N/c1-11(2)12-6-8-14(9-7-12)20-15-5-3-4-13(10-15)16(17,18)19/h11-15,20H,3-10H2,1-2H3. The summed E-state index contributed by atoms with van der Waals surface area (Å²) < 4.78 is 38.4. The molecule has 2 fully saturated rings. The molecule has 0 amide bonds. The Balaban J connectivity index is 1.77. The molecule has 0 bridgehead atoms. The zero-order valence-electron chi connectivity index (χ0n) is 12.7. The maximum atomic E-state index is 12.8. The Morgan fingerprint density at radius 2 is 1.55 bits per heavy atom. The second-order valence-electron chi connectivity index (χ2n) is 7.12. The molecule has 0 aromatic carbocycles. The fourth-order valence-corrected chi connectivity index (χ4v) is 3.92. The Morgan fingerprint density at radius 1 is 0.900 bits per heavy atom. The highest BCUT2D eigenvalue weighted by Gasteiger charge is 2.42. The van der Waals surface area contributed by atoms with E-state index in [-0.39, 0.29) is 12.5 Å². The van der Waals surface area contributed by atoms with Crippen LogP contribution in [0.15, 0.2) is 0 Å². The van der Waals surface area contributed by atoms with E-state index in [1.807, 2.05) is 0 Å². The smallest absolute Gasteiger partial charge is 0.311 e. The number of hydrogen-bond donors (Lipinski definition) is 1. The number of nitrogens with one attached hydrogen (secondary N) is 1. The third-order valence-electron chi connectivity index (χ3n) is 5.32. The molecule has 0 saturated heterocycles. The molecule has 118 valence electrons. The highest BCUT2D eigenvalue weighted by molar-refractivity contribution is 4.86. The second-order valence-corrected chi connectivity index (χ2v) is 7.12. The molecular formula is C16H28F3N. The van der Waals surface area contributed by atoms with Crippen LogP contribution >= 0.6 is 0 Å². The highest BCUT2D eigenvalue weighted by Crippen LogP contribution is 2.38. The summed E-state index contributed by atoms with van der Waals surface area (Å²) in [5.41, 5.74) is 0. The zero-order chi connectivity index (χ0) is 14.8. The first-order chi connectivity index (χ1) is 9.36. The molecule has 0 aromatic heterocycles. The number of alkyl halides is 3. The lowest BCUT2D eigenvalue weighted by Gasteiger charge is -2.37. The lowest BCUT2D eigenvalue weighted by atomic mass is 9.78. The normalized spacial score (nSPS) is 36.3. The van der Waals surface area contributed by atoms with E-state index in [1.54, 1.807) is 0 Å². The summed E-state index contributed by atoms with van der Waals surface area (Å²) in [6.45, 7) is 4.54. The van der Waals surface area contributed by atoms with Gasteiger partial charge in [-0.25, -0.2) is 0 Å². The van der Waals surface area contributed by atoms with E-state index in [1.165, 1.54) is 12.8 Å². The summed E-state index contributed by atoms with van der Waals surface area (Å²) in [6, 6.07) is 0.526. The van der Waals surface area contributed by atoms with E-state index in [9.17, 15) is 13.2 Å². The van der Waals surface area contributed by atoms with Crippen LogP contribution in [-0.2, 0) is 0 Å². The number of halogens is 3. The van der Waals surface area contributed by atoms with E-state index in [4.69, 9.17) is 0 Å². The predicted octanol–water partition coefficient (Wildman–Crippen LogP) is 4.91. The summed E-state index contributed by atoms with van der Waals surface area (Å²) in [5, 5.41) is 3.52. The van der Waals surface area contributed by atoms with Crippen LogP contribution in [0, 0.1) is 17.8 Å². The average molecular weight is 291 g/mol. The maximum Gasteiger partial charge on any atom is 0.391 e. The van der Waals surface area contributed by atoms with Gasteiger partial charge < -0.3 is 5.32 Å². The van der Waals surface area contributed by atoms with Gasteiger partial charge in [-0.2, -0.15) is 13.2 Å². The van der Waals surface area contributed by atoms with E-state index >= 15 is 0 Å². The summed E-state index contributed by atoms with van der Waals surface area (Å²) in [6.07, 6.45) is 2.95. The van der Waals surface area contributed by atoms with Crippen LogP contribution in [0.3, 0.4) is 0 Å². The third-order valence-corrected chi connectivity index (χ3v) is 5.32. The van der Waals surface area contributed by atoms with Gasteiger partial charge in [0.05, 0.1) is 5.92 Å². The van der Waals surface area contributed by atoms with Crippen LogP contribution in [0.4, 0.5) is 13.2 Å². The van der Waals surface area contributed by atoms with Crippen molar-refractivity contribution in [2.45, 2.75) is 83.5 Å². The monoisotopic (exact) mass is 291 g/mol. The molecule has 0 heterocycles. The Kier molecular flexibility index (Phi) is 5.38. The van der Waals surface area contributed by atoms with Gasteiger partial charge in [0.25, 0.3) is 0 Å². The molecule has 0 spiro atoms. The van der Waals surface area contributed by atoms with Crippen LogP contribution in [0.5, 0.6) is 0 Å². The Bertz CT molecular complexity index is 293. The van der Waals surface area contributed by atoms with Crippen molar-refractivity contribution in [3.8, 4) is 0 Å². The lowest BCUT2D eigenvalue weighted by Crippen LogP contribution is -2.45. The van der Waals surface area contributed by atoms with Crippen molar-refractivity contribution in [2.24, 2.45) is 17.8 Å². The quantitative estimate of drug-likeness (QED) is 0.779. The van der Waals surface area contributed by atoms with Gasteiger partial charge in [-0.15, -0.1) is 0 Å². The maximum absolute atomic E-state index is 12.8. The van der Waals surface area contributed by atoms with Gasteiger partial charge in [0.2, 0.25) is 0 Å². The van der Waals surface area contributed by atoms with Crippen LogP contribution in [0.2, 0.25) is 0 Å². The van der Waals surface area contributed by atoms with Gasteiger partial charge in [0.15, 0.2) is 0 Å². The molecule has 2 saturated carbocycles. The van der Waals surface area contributed by atoms with Gasteiger partial charge in [-0.1, -0.05) is 20.3 Å². The largest absolute Gasteiger partial charge is 0.391 e. The molecule has 0 radical (unpaired) electrons. The fraction of sp³-hybridized carbons (Fsp3) is 1.00. The van der Waals surface area contributed by atoms with Crippen molar-refractivity contribution in [2.75, 3.05) is 0 Å².